The molecule has 1 aliphatic heterocycles. The highest BCUT2D eigenvalue weighted by molar-refractivity contribution is 6.14. The van der Waals surface area contributed by atoms with Gasteiger partial charge in [0.1, 0.15) is 17.2 Å². The van der Waals surface area contributed by atoms with E-state index in [1.54, 1.807) is 43.5 Å². The maximum atomic E-state index is 12.4. The Balaban J connectivity index is 1.77. The van der Waals surface area contributed by atoms with Crippen LogP contribution in [0.1, 0.15) is 15.9 Å². The average Bonchev–Trinajstić information content (AvgIpc) is 2.95. The van der Waals surface area contributed by atoms with Crippen molar-refractivity contribution in [2.24, 2.45) is 0 Å². The van der Waals surface area contributed by atoms with E-state index >= 15 is 0 Å². The second-order valence-electron chi connectivity index (χ2n) is 5.24. The predicted molar refractivity (Wildman–Crippen MR) is 89.9 cm³/mol. The Kier molecular flexibility index (Phi) is 4.70. The zero-order valence-electron chi connectivity index (χ0n) is 13.8. The summed E-state index contributed by atoms with van der Waals surface area (Å²) in [5.74, 6) is 1.08. The first kappa shape index (κ1) is 16.6. The van der Waals surface area contributed by atoms with Crippen LogP contribution < -0.4 is 14.2 Å². The molecule has 0 atom stereocenters. The minimum absolute atomic E-state index is 0.203. The molecule has 0 N–H and O–H groups in total. The van der Waals surface area contributed by atoms with E-state index in [2.05, 4.69) is 4.74 Å². The highest BCUT2D eigenvalue weighted by Gasteiger charge is 2.27. The van der Waals surface area contributed by atoms with Crippen molar-refractivity contribution in [3.63, 3.8) is 0 Å². The van der Waals surface area contributed by atoms with Crippen LogP contribution in [0.3, 0.4) is 0 Å². The van der Waals surface area contributed by atoms with Gasteiger partial charge in [-0.3, -0.25) is 4.79 Å². The van der Waals surface area contributed by atoms with Gasteiger partial charge in [0.15, 0.2) is 12.4 Å². The molecule has 0 aromatic heterocycles. The first-order valence-corrected chi connectivity index (χ1v) is 7.52. The minimum Gasteiger partial charge on any atom is -0.497 e. The molecule has 0 saturated heterocycles. The lowest BCUT2D eigenvalue weighted by molar-refractivity contribution is -0.142. The van der Waals surface area contributed by atoms with Gasteiger partial charge in [-0.25, -0.2) is 4.79 Å². The highest BCUT2D eigenvalue weighted by Crippen LogP contribution is 2.35. The quantitative estimate of drug-likeness (QED) is 0.616. The summed E-state index contributed by atoms with van der Waals surface area (Å²) >= 11 is 0. The molecule has 0 unspecified atom stereocenters. The number of ether oxygens (including phenoxy) is 4. The van der Waals surface area contributed by atoms with Crippen LogP contribution in [-0.2, 0) is 9.53 Å². The average molecular weight is 340 g/mol. The number of Topliss-reactive ketones (excluding diaryl/α,β-unsaturated/α-hetero) is 1. The molecule has 0 saturated carbocycles. The van der Waals surface area contributed by atoms with E-state index in [-0.39, 0.29) is 18.1 Å². The Labute approximate surface area is 144 Å². The molecule has 2 aromatic rings. The molecule has 25 heavy (non-hydrogen) atoms. The lowest BCUT2D eigenvalue weighted by Gasteiger charge is -2.05. The second kappa shape index (κ2) is 7.09. The third kappa shape index (κ3) is 3.63. The molecule has 2 aromatic carbocycles. The Bertz CT molecular complexity index is 835. The summed E-state index contributed by atoms with van der Waals surface area (Å²) in [7, 11) is 2.87. The number of allylic oxidation sites excluding steroid dienone is 1. The Morgan fingerprint density at radius 1 is 1.08 bits per heavy atom. The lowest BCUT2D eigenvalue weighted by Crippen LogP contribution is -2.12. The monoisotopic (exact) mass is 340 g/mol. The topological polar surface area (TPSA) is 71.1 Å². The van der Waals surface area contributed by atoms with E-state index < -0.39 is 5.97 Å². The van der Waals surface area contributed by atoms with Gasteiger partial charge in [0, 0.05) is 6.07 Å². The number of methoxy groups -OCH3 is 2. The van der Waals surface area contributed by atoms with Gasteiger partial charge in [-0.15, -0.1) is 0 Å². The van der Waals surface area contributed by atoms with Crippen LogP contribution in [0.25, 0.3) is 6.08 Å². The first-order chi connectivity index (χ1) is 12.1. The lowest BCUT2D eigenvalue weighted by atomic mass is 10.1. The van der Waals surface area contributed by atoms with Crippen LogP contribution in [0, 0.1) is 0 Å². The van der Waals surface area contributed by atoms with E-state index in [0.717, 1.165) is 11.3 Å². The number of hydrogen-bond donors (Lipinski definition) is 0. The number of carbonyl (C=O) groups is 2. The number of hydrogen-bond acceptors (Lipinski definition) is 6. The Morgan fingerprint density at radius 3 is 2.48 bits per heavy atom. The van der Waals surface area contributed by atoms with Gasteiger partial charge in [0.25, 0.3) is 0 Å². The van der Waals surface area contributed by atoms with Crippen molar-refractivity contribution in [3.8, 4) is 17.2 Å². The Morgan fingerprint density at radius 2 is 1.80 bits per heavy atom. The largest absolute Gasteiger partial charge is 0.497 e. The van der Waals surface area contributed by atoms with Crippen molar-refractivity contribution in [1.29, 1.82) is 0 Å². The molecule has 3 rings (SSSR count). The van der Waals surface area contributed by atoms with E-state index in [0.29, 0.717) is 17.1 Å². The minimum atomic E-state index is -0.488. The summed E-state index contributed by atoms with van der Waals surface area (Å²) in [5, 5.41) is 0. The van der Waals surface area contributed by atoms with Crippen LogP contribution in [0.2, 0.25) is 0 Å². The smallest absolute Gasteiger partial charge is 0.343 e. The summed E-state index contributed by atoms with van der Waals surface area (Å²) in [6, 6.07) is 12.1. The molecule has 0 spiro atoms. The normalized spacial score (nSPS) is 14.0. The third-order valence-corrected chi connectivity index (χ3v) is 3.64. The fourth-order valence-corrected chi connectivity index (χ4v) is 2.31. The van der Waals surface area contributed by atoms with Gasteiger partial charge in [-0.1, -0.05) is 12.1 Å². The van der Waals surface area contributed by atoms with Gasteiger partial charge in [-0.2, -0.15) is 0 Å². The van der Waals surface area contributed by atoms with E-state index in [4.69, 9.17) is 14.2 Å². The Hall–Kier alpha value is -3.28. The molecular weight excluding hydrogens is 324 g/mol. The molecule has 1 aliphatic rings. The van der Waals surface area contributed by atoms with Crippen molar-refractivity contribution in [1.82, 2.24) is 0 Å². The molecule has 128 valence electrons. The number of fused-ring (bicyclic) bond motifs is 1. The summed E-state index contributed by atoms with van der Waals surface area (Å²) in [6.07, 6.45) is 1.66. The number of ketones is 1. The number of rotatable bonds is 5. The number of esters is 1. The maximum Gasteiger partial charge on any atom is 0.343 e. The van der Waals surface area contributed by atoms with Crippen molar-refractivity contribution >= 4 is 17.8 Å². The van der Waals surface area contributed by atoms with E-state index in [9.17, 15) is 9.59 Å². The van der Waals surface area contributed by atoms with Crippen molar-refractivity contribution in [2.45, 2.75) is 0 Å². The molecule has 0 fully saturated rings. The molecule has 6 heteroatoms. The van der Waals surface area contributed by atoms with Crippen molar-refractivity contribution < 1.29 is 28.5 Å². The van der Waals surface area contributed by atoms with Gasteiger partial charge in [-0.05, 0) is 35.9 Å². The van der Waals surface area contributed by atoms with Gasteiger partial charge in [0.05, 0.1) is 19.8 Å². The van der Waals surface area contributed by atoms with Crippen LogP contribution in [-0.4, -0.2) is 32.6 Å². The first-order valence-electron chi connectivity index (χ1n) is 7.52. The SMILES string of the molecule is COC(=O)COc1ccc2c(c1)O/C(=C/c1ccc(OC)cc1)C2=O. The summed E-state index contributed by atoms with van der Waals surface area (Å²) in [4.78, 5) is 23.5. The van der Waals surface area contributed by atoms with Gasteiger partial charge < -0.3 is 18.9 Å². The molecule has 0 bridgehead atoms. The van der Waals surface area contributed by atoms with Crippen molar-refractivity contribution in [2.75, 3.05) is 20.8 Å². The van der Waals surface area contributed by atoms with Gasteiger partial charge >= 0.3 is 5.97 Å². The fraction of sp³-hybridized carbons (Fsp3) is 0.158. The van der Waals surface area contributed by atoms with Gasteiger partial charge in [0.2, 0.25) is 5.78 Å². The van der Waals surface area contributed by atoms with Crippen LogP contribution in [0.4, 0.5) is 0 Å². The molecule has 0 radical (unpaired) electrons. The molecule has 6 nitrogen and oxygen atoms in total. The summed E-state index contributed by atoms with van der Waals surface area (Å²) in [6.45, 7) is -0.211. The van der Waals surface area contributed by atoms with E-state index in [1.165, 1.54) is 7.11 Å². The van der Waals surface area contributed by atoms with Crippen LogP contribution >= 0.6 is 0 Å². The van der Waals surface area contributed by atoms with Crippen LogP contribution in [0.15, 0.2) is 48.2 Å². The molecule has 1 heterocycles. The predicted octanol–water partition coefficient (Wildman–Crippen LogP) is 2.86. The third-order valence-electron chi connectivity index (χ3n) is 3.64. The molecule has 0 amide bonds. The number of benzene rings is 2. The zero-order valence-corrected chi connectivity index (χ0v) is 13.8. The number of carbonyl (C=O) groups excluding carboxylic acids is 2. The summed E-state index contributed by atoms with van der Waals surface area (Å²) < 4.78 is 20.6. The molecule has 0 aliphatic carbocycles. The van der Waals surface area contributed by atoms with Crippen molar-refractivity contribution in [3.05, 3.63) is 59.4 Å². The van der Waals surface area contributed by atoms with E-state index in [1.807, 2.05) is 12.1 Å². The standard InChI is InChI=1S/C19H16O6/c1-22-13-5-3-12(4-6-13)9-17-19(21)15-8-7-14(10-16(15)25-17)24-11-18(20)23-2/h3-10H,11H2,1-2H3/b17-9+. The fourth-order valence-electron chi connectivity index (χ4n) is 2.31. The summed E-state index contributed by atoms with van der Waals surface area (Å²) in [5.41, 5.74) is 1.27. The highest BCUT2D eigenvalue weighted by atomic mass is 16.6. The second-order valence-corrected chi connectivity index (χ2v) is 5.24. The zero-order chi connectivity index (χ0) is 17.8. The molecular formula is C19H16O6. The maximum absolute atomic E-state index is 12.4. The van der Waals surface area contributed by atoms with Crippen LogP contribution in [0.5, 0.6) is 17.2 Å².